The predicted octanol–water partition coefficient (Wildman–Crippen LogP) is 3.81. The fraction of sp³-hybridized carbons (Fsp3) is 0.222. The molecular weight excluding hydrogens is 356 g/mol. The zero-order chi connectivity index (χ0) is 16.6. The van der Waals surface area contributed by atoms with Crippen LogP contribution in [0.1, 0.15) is 17.5 Å². The molecule has 0 aromatic heterocycles. The number of anilines is 2. The molecule has 1 atom stereocenters. The van der Waals surface area contributed by atoms with Crippen molar-refractivity contribution >= 4 is 39.1 Å². The number of rotatable bonds is 3. The first kappa shape index (κ1) is 15.7. The quantitative estimate of drug-likeness (QED) is 0.833. The van der Waals surface area contributed by atoms with Crippen LogP contribution in [0.25, 0.3) is 0 Å². The molecule has 0 radical (unpaired) electrons. The maximum absolute atomic E-state index is 12.7. The van der Waals surface area contributed by atoms with Gasteiger partial charge in [-0.3, -0.25) is 9.59 Å². The number of nitrogens with one attached hydrogen (secondary N) is 1. The highest BCUT2D eigenvalue weighted by atomic mass is 79.9. The monoisotopic (exact) mass is 372 g/mol. The third kappa shape index (κ3) is 2.88. The van der Waals surface area contributed by atoms with Gasteiger partial charge < -0.3 is 5.32 Å². The molecule has 0 spiro atoms. The summed E-state index contributed by atoms with van der Waals surface area (Å²) in [6.07, 6.45) is 0.161. The van der Waals surface area contributed by atoms with Gasteiger partial charge in [0.05, 0.1) is 12.1 Å². The molecule has 0 aliphatic carbocycles. The number of aryl methyl sites for hydroxylation is 2. The van der Waals surface area contributed by atoms with Crippen LogP contribution in [0, 0.1) is 13.8 Å². The normalized spacial score (nSPS) is 17.7. The van der Waals surface area contributed by atoms with Crippen molar-refractivity contribution in [1.29, 1.82) is 0 Å². The lowest BCUT2D eigenvalue weighted by Crippen LogP contribution is -2.35. The lowest BCUT2D eigenvalue weighted by atomic mass is 10.1. The molecule has 0 bridgehead atoms. The molecule has 4 nitrogen and oxygen atoms in total. The van der Waals surface area contributed by atoms with Crippen LogP contribution in [0.2, 0.25) is 0 Å². The first-order valence-corrected chi connectivity index (χ1v) is 8.22. The van der Waals surface area contributed by atoms with Crippen LogP contribution >= 0.6 is 15.9 Å². The van der Waals surface area contributed by atoms with Crippen molar-refractivity contribution in [2.24, 2.45) is 0 Å². The van der Waals surface area contributed by atoms with Gasteiger partial charge in [0.25, 0.3) is 5.91 Å². The van der Waals surface area contributed by atoms with Crippen molar-refractivity contribution in [3.8, 4) is 0 Å². The molecule has 1 fully saturated rings. The second kappa shape index (κ2) is 6.16. The number of halogens is 1. The molecule has 2 amide bonds. The van der Waals surface area contributed by atoms with Crippen LogP contribution < -0.4 is 10.2 Å². The van der Waals surface area contributed by atoms with E-state index in [4.69, 9.17) is 0 Å². The average Bonchev–Trinajstić information content (AvgIpc) is 2.78. The molecule has 2 aromatic rings. The number of carbonyl (C=O) groups is 2. The van der Waals surface area contributed by atoms with E-state index in [2.05, 4.69) is 21.2 Å². The molecule has 23 heavy (non-hydrogen) atoms. The molecule has 2 aromatic carbocycles. The smallest absolute Gasteiger partial charge is 0.256 e. The van der Waals surface area contributed by atoms with Gasteiger partial charge in [-0.25, -0.2) is 4.90 Å². The topological polar surface area (TPSA) is 49.4 Å². The largest absolute Gasteiger partial charge is 0.373 e. The first-order chi connectivity index (χ1) is 11.0. The maximum atomic E-state index is 12.7. The molecule has 1 N–H and O–H groups in total. The molecule has 1 aliphatic rings. The van der Waals surface area contributed by atoms with Gasteiger partial charge in [-0.15, -0.1) is 0 Å². The molecule has 5 heteroatoms. The lowest BCUT2D eigenvalue weighted by Gasteiger charge is -2.19. The Kier molecular flexibility index (Phi) is 4.22. The summed E-state index contributed by atoms with van der Waals surface area (Å²) in [6.45, 7) is 3.98. The molecule has 1 aliphatic heterocycles. The molecule has 118 valence electrons. The van der Waals surface area contributed by atoms with Crippen LogP contribution in [0.5, 0.6) is 0 Å². The Bertz CT molecular complexity index is 768. The highest BCUT2D eigenvalue weighted by Gasteiger charge is 2.40. The van der Waals surface area contributed by atoms with Crippen LogP contribution in [0.4, 0.5) is 11.4 Å². The molecule has 1 saturated heterocycles. The van der Waals surface area contributed by atoms with Gasteiger partial charge in [-0.2, -0.15) is 0 Å². The van der Waals surface area contributed by atoms with E-state index in [1.165, 1.54) is 4.90 Å². The Morgan fingerprint density at radius 2 is 1.70 bits per heavy atom. The van der Waals surface area contributed by atoms with Gasteiger partial charge in [0.1, 0.15) is 6.04 Å². The summed E-state index contributed by atoms with van der Waals surface area (Å²) in [5.41, 5.74) is 3.63. The van der Waals surface area contributed by atoms with Gasteiger partial charge in [0.2, 0.25) is 5.91 Å². The van der Waals surface area contributed by atoms with E-state index in [-0.39, 0.29) is 18.2 Å². The minimum Gasteiger partial charge on any atom is -0.373 e. The van der Waals surface area contributed by atoms with Gasteiger partial charge >= 0.3 is 0 Å². The third-order valence-corrected chi connectivity index (χ3v) is 4.71. The van der Waals surface area contributed by atoms with Crippen molar-refractivity contribution in [3.05, 3.63) is 58.1 Å². The van der Waals surface area contributed by atoms with Crippen LogP contribution in [0.15, 0.2) is 46.9 Å². The Hall–Kier alpha value is -2.14. The molecular formula is C18H17BrN2O2. The van der Waals surface area contributed by atoms with E-state index in [1.54, 1.807) is 6.07 Å². The van der Waals surface area contributed by atoms with E-state index < -0.39 is 6.04 Å². The van der Waals surface area contributed by atoms with Crippen LogP contribution in [-0.2, 0) is 9.59 Å². The second-order valence-electron chi connectivity index (χ2n) is 5.69. The zero-order valence-electron chi connectivity index (χ0n) is 13.0. The fourth-order valence-electron chi connectivity index (χ4n) is 2.85. The van der Waals surface area contributed by atoms with E-state index in [0.717, 1.165) is 21.3 Å². The molecule has 1 heterocycles. The molecule has 1 unspecified atom stereocenters. The summed E-state index contributed by atoms with van der Waals surface area (Å²) in [5, 5.41) is 3.25. The van der Waals surface area contributed by atoms with E-state index in [9.17, 15) is 9.59 Å². The molecule has 3 rings (SSSR count). The average molecular weight is 373 g/mol. The van der Waals surface area contributed by atoms with Gasteiger partial charge in [-0.1, -0.05) is 30.3 Å². The van der Waals surface area contributed by atoms with Gasteiger partial charge in [0, 0.05) is 10.2 Å². The number of hydrogen-bond donors (Lipinski definition) is 1. The fourth-order valence-corrected chi connectivity index (χ4v) is 3.31. The van der Waals surface area contributed by atoms with Crippen molar-refractivity contribution in [2.45, 2.75) is 26.3 Å². The Morgan fingerprint density at radius 1 is 1.04 bits per heavy atom. The van der Waals surface area contributed by atoms with E-state index in [0.29, 0.717) is 5.69 Å². The number of nitrogens with zero attached hydrogens (tertiary/aromatic N) is 1. The Balaban J connectivity index is 1.89. The number of hydrogen-bond acceptors (Lipinski definition) is 3. The lowest BCUT2D eigenvalue weighted by molar-refractivity contribution is -0.121. The standard InChI is InChI=1S/C18H17BrN2O2/c1-11-6-5-7-12(2)17(11)20-14-10-16(22)21(18(14)23)15-9-4-3-8-13(15)19/h3-9,14,20H,10H2,1-2H3. The number of para-hydroxylation sites is 2. The second-order valence-corrected chi connectivity index (χ2v) is 6.54. The van der Waals surface area contributed by atoms with Crippen molar-refractivity contribution in [3.63, 3.8) is 0 Å². The summed E-state index contributed by atoms with van der Waals surface area (Å²) < 4.78 is 0.731. The van der Waals surface area contributed by atoms with E-state index >= 15 is 0 Å². The van der Waals surface area contributed by atoms with Gasteiger partial charge in [0.15, 0.2) is 0 Å². The zero-order valence-corrected chi connectivity index (χ0v) is 14.6. The van der Waals surface area contributed by atoms with Gasteiger partial charge in [-0.05, 0) is 53.0 Å². The minimum atomic E-state index is -0.533. The SMILES string of the molecule is Cc1cccc(C)c1NC1CC(=O)N(c2ccccc2Br)C1=O. The number of carbonyl (C=O) groups excluding carboxylic acids is 2. The highest BCUT2D eigenvalue weighted by molar-refractivity contribution is 9.10. The third-order valence-electron chi connectivity index (χ3n) is 4.04. The summed E-state index contributed by atoms with van der Waals surface area (Å²) in [5.74, 6) is -0.407. The Morgan fingerprint density at radius 3 is 2.35 bits per heavy atom. The summed E-state index contributed by atoms with van der Waals surface area (Å²) >= 11 is 3.40. The number of imide groups is 1. The summed E-state index contributed by atoms with van der Waals surface area (Å²) in [4.78, 5) is 26.3. The predicted molar refractivity (Wildman–Crippen MR) is 94.6 cm³/mol. The maximum Gasteiger partial charge on any atom is 0.256 e. The number of benzene rings is 2. The summed E-state index contributed by atoms with van der Waals surface area (Å²) in [7, 11) is 0. The van der Waals surface area contributed by atoms with Crippen molar-refractivity contribution < 1.29 is 9.59 Å². The van der Waals surface area contributed by atoms with Crippen molar-refractivity contribution in [2.75, 3.05) is 10.2 Å². The van der Waals surface area contributed by atoms with Crippen molar-refractivity contribution in [1.82, 2.24) is 0 Å². The number of amides is 2. The molecule has 0 saturated carbocycles. The van der Waals surface area contributed by atoms with Crippen LogP contribution in [-0.4, -0.2) is 17.9 Å². The highest BCUT2D eigenvalue weighted by Crippen LogP contribution is 2.31. The first-order valence-electron chi connectivity index (χ1n) is 7.43. The Labute approximate surface area is 143 Å². The summed E-state index contributed by atoms with van der Waals surface area (Å²) in [6, 6.07) is 12.7. The van der Waals surface area contributed by atoms with E-state index in [1.807, 2.05) is 50.2 Å². The minimum absolute atomic E-state index is 0.161. The van der Waals surface area contributed by atoms with Crippen LogP contribution in [0.3, 0.4) is 0 Å².